The van der Waals surface area contributed by atoms with E-state index in [9.17, 15) is 14.7 Å². The average molecular weight is 325 g/mol. The van der Waals surface area contributed by atoms with Crippen molar-refractivity contribution >= 4 is 11.8 Å². The third-order valence-corrected chi connectivity index (χ3v) is 3.63. The number of carbonyl (C=O) groups is 1. The van der Waals surface area contributed by atoms with Gasteiger partial charge in [-0.3, -0.25) is 4.57 Å². The summed E-state index contributed by atoms with van der Waals surface area (Å²) in [6.07, 6.45) is -0.817. The van der Waals surface area contributed by atoms with Crippen LogP contribution in [0.3, 0.4) is 0 Å². The Morgan fingerprint density at radius 3 is 2.91 bits per heavy atom. The molecule has 1 aromatic rings. The second kappa shape index (κ2) is 6.90. The molecule has 0 radical (unpaired) electrons. The first kappa shape index (κ1) is 17.1. The maximum absolute atomic E-state index is 12.0. The summed E-state index contributed by atoms with van der Waals surface area (Å²) in [7, 11) is 1.23. The number of esters is 1. The van der Waals surface area contributed by atoms with Gasteiger partial charge in [0, 0.05) is 30.2 Å². The van der Waals surface area contributed by atoms with E-state index in [1.54, 1.807) is 0 Å². The second-order valence-electron chi connectivity index (χ2n) is 5.23. The summed E-state index contributed by atoms with van der Waals surface area (Å²) in [5, 5.41) is 18.9. The van der Waals surface area contributed by atoms with Gasteiger partial charge in [0.1, 0.15) is 18.1 Å². The lowest BCUT2D eigenvalue weighted by molar-refractivity contribution is -0.136. The molecule has 1 aliphatic heterocycles. The van der Waals surface area contributed by atoms with Gasteiger partial charge < -0.3 is 25.4 Å². The standard InChI is InChI=1S/C14H19N3O6/c1-7(13(20)22-2)3-8-5-17(14(21)16-12(8)15)11-4-9(19)10(6-18)23-11/h5,9-11,18-19H,1,3-4,6H2,2H3,(H2,15,16,21)/t9-,10+,11+/m0/s1. The fraction of sp³-hybridized carbons (Fsp3) is 0.500. The Labute approximate surface area is 132 Å². The molecular formula is C14H19N3O6. The molecule has 0 saturated carbocycles. The molecule has 1 aromatic heterocycles. The average Bonchev–Trinajstić information content (AvgIpc) is 2.89. The number of ether oxygens (including phenoxy) is 2. The molecule has 0 amide bonds. The van der Waals surface area contributed by atoms with Crippen LogP contribution in [0.1, 0.15) is 18.2 Å². The summed E-state index contributed by atoms with van der Waals surface area (Å²) in [6, 6.07) is 0. The zero-order valence-corrected chi connectivity index (χ0v) is 12.6. The minimum absolute atomic E-state index is 0.0199. The number of nitrogen functional groups attached to an aromatic ring is 1. The van der Waals surface area contributed by atoms with Gasteiger partial charge in [-0.1, -0.05) is 6.58 Å². The van der Waals surface area contributed by atoms with Crippen molar-refractivity contribution in [2.75, 3.05) is 19.5 Å². The molecular weight excluding hydrogens is 306 g/mol. The topological polar surface area (TPSA) is 137 Å². The van der Waals surface area contributed by atoms with Crippen molar-refractivity contribution in [2.45, 2.75) is 31.3 Å². The van der Waals surface area contributed by atoms with Crippen molar-refractivity contribution < 1.29 is 24.5 Å². The largest absolute Gasteiger partial charge is 0.466 e. The summed E-state index contributed by atoms with van der Waals surface area (Å²) in [5.41, 5.74) is 5.63. The lowest BCUT2D eigenvalue weighted by atomic mass is 10.1. The van der Waals surface area contributed by atoms with Gasteiger partial charge in [0.2, 0.25) is 0 Å². The van der Waals surface area contributed by atoms with Gasteiger partial charge in [0.05, 0.1) is 19.8 Å². The minimum Gasteiger partial charge on any atom is -0.466 e. The molecule has 0 bridgehead atoms. The first-order valence-electron chi connectivity index (χ1n) is 6.95. The van der Waals surface area contributed by atoms with Crippen LogP contribution in [0.15, 0.2) is 23.1 Å². The van der Waals surface area contributed by atoms with Crippen LogP contribution in [0, 0.1) is 0 Å². The number of nitrogens with zero attached hydrogens (tertiary/aromatic N) is 2. The third kappa shape index (κ3) is 3.58. The van der Waals surface area contributed by atoms with E-state index in [4.69, 9.17) is 15.6 Å². The van der Waals surface area contributed by atoms with E-state index in [-0.39, 0.29) is 30.8 Å². The summed E-state index contributed by atoms with van der Waals surface area (Å²) in [4.78, 5) is 27.1. The maximum atomic E-state index is 12.0. The number of aliphatic hydroxyl groups excluding tert-OH is 2. The number of carbonyl (C=O) groups excluding carboxylic acids is 1. The zero-order valence-electron chi connectivity index (χ0n) is 12.6. The van der Waals surface area contributed by atoms with Gasteiger partial charge in [-0.2, -0.15) is 4.98 Å². The van der Waals surface area contributed by atoms with E-state index in [2.05, 4.69) is 16.3 Å². The van der Waals surface area contributed by atoms with Crippen molar-refractivity contribution in [1.82, 2.24) is 9.55 Å². The van der Waals surface area contributed by atoms with E-state index in [0.717, 1.165) is 0 Å². The molecule has 0 unspecified atom stereocenters. The first-order chi connectivity index (χ1) is 10.9. The van der Waals surface area contributed by atoms with E-state index >= 15 is 0 Å². The van der Waals surface area contributed by atoms with Gasteiger partial charge in [0.25, 0.3) is 0 Å². The Hall–Kier alpha value is -2.23. The van der Waals surface area contributed by atoms with Gasteiger partial charge in [-0.25, -0.2) is 9.59 Å². The summed E-state index contributed by atoms with van der Waals surface area (Å²) in [6.45, 7) is 3.24. The monoisotopic (exact) mass is 325 g/mol. The Kier molecular flexibility index (Phi) is 5.14. The maximum Gasteiger partial charge on any atom is 0.351 e. The molecule has 1 fully saturated rings. The van der Waals surface area contributed by atoms with Gasteiger partial charge in [-0.05, 0) is 0 Å². The highest BCUT2D eigenvalue weighted by Gasteiger charge is 2.35. The SMILES string of the molecule is C=C(Cc1cn([C@H]2C[C@H](O)[C@@H](CO)O2)c(=O)nc1N)C(=O)OC. The minimum atomic E-state index is -0.886. The molecule has 2 heterocycles. The summed E-state index contributed by atoms with van der Waals surface area (Å²) < 4.78 is 11.2. The zero-order chi connectivity index (χ0) is 17.1. The molecule has 2 rings (SSSR count). The van der Waals surface area contributed by atoms with Gasteiger partial charge in [-0.15, -0.1) is 0 Å². The molecule has 23 heavy (non-hydrogen) atoms. The van der Waals surface area contributed by atoms with Crippen molar-refractivity contribution in [2.24, 2.45) is 0 Å². The van der Waals surface area contributed by atoms with Crippen LogP contribution in [0.5, 0.6) is 0 Å². The normalized spacial score (nSPS) is 23.7. The van der Waals surface area contributed by atoms with Crippen LogP contribution in [0.2, 0.25) is 0 Å². The smallest absolute Gasteiger partial charge is 0.351 e. The molecule has 3 atom stereocenters. The number of hydrogen-bond donors (Lipinski definition) is 3. The lowest BCUT2D eigenvalue weighted by Gasteiger charge is -2.16. The van der Waals surface area contributed by atoms with E-state index in [1.165, 1.54) is 17.9 Å². The van der Waals surface area contributed by atoms with Crippen LogP contribution in [-0.4, -0.2) is 51.7 Å². The van der Waals surface area contributed by atoms with Crippen molar-refractivity contribution in [1.29, 1.82) is 0 Å². The van der Waals surface area contributed by atoms with E-state index in [1.807, 2.05) is 0 Å². The fourth-order valence-corrected chi connectivity index (χ4v) is 2.36. The predicted molar refractivity (Wildman–Crippen MR) is 79.4 cm³/mol. The van der Waals surface area contributed by atoms with Crippen molar-refractivity contribution in [3.05, 3.63) is 34.4 Å². The van der Waals surface area contributed by atoms with Crippen LogP contribution in [-0.2, 0) is 20.7 Å². The van der Waals surface area contributed by atoms with Gasteiger partial charge >= 0.3 is 11.7 Å². The van der Waals surface area contributed by atoms with E-state index in [0.29, 0.717) is 5.56 Å². The van der Waals surface area contributed by atoms with Crippen molar-refractivity contribution in [3.8, 4) is 0 Å². The molecule has 0 aromatic carbocycles. The Morgan fingerprint density at radius 1 is 1.65 bits per heavy atom. The number of aliphatic hydroxyl groups is 2. The molecule has 1 aliphatic rings. The lowest BCUT2D eigenvalue weighted by Crippen LogP contribution is -2.29. The molecule has 126 valence electrons. The van der Waals surface area contributed by atoms with Crippen LogP contribution in [0.25, 0.3) is 0 Å². The number of aromatic nitrogens is 2. The highest BCUT2D eigenvalue weighted by atomic mass is 16.5. The molecule has 0 aliphatic carbocycles. The number of hydrogen-bond acceptors (Lipinski definition) is 8. The summed E-state index contributed by atoms with van der Waals surface area (Å²) >= 11 is 0. The highest BCUT2D eigenvalue weighted by Crippen LogP contribution is 2.28. The molecule has 1 saturated heterocycles. The van der Waals surface area contributed by atoms with Crippen LogP contribution >= 0.6 is 0 Å². The first-order valence-corrected chi connectivity index (χ1v) is 6.95. The van der Waals surface area contributed by atoms with Crippen LogP contribution < -0.4 is 11.4 Å². The molecule has 9 heteroatoms. The fourth-order valence-electron chi connectivity index (χ4n) is 2.36. The quantitative estimate of drug-likeness (QED) is 0.450. The number of rotatable bonds is 5. The Morgan fingerprint density at radius 2 is 2.35 bits per heavy atom. The molecule has 4 N–H and O–H groups in total. The summed E-state index contributed by atoms with van der Waals surface area (Å²) in [5.74, 6) is -0.608. The highest BCUT2D eigenvalue weighted by molar-refractivity contribution is 5.88. The Balaban J connectivity index is 2.28. The van der Waals surface area contributed by atoms with E-state index < -0.39 is 30.1 Å². The Bertz CT molecular complexity index is 671. The molecule has 0 spiro atoms. The number of anilines is 1. The number of nitrogens with two attached hydrogens (primary N) is 1. The van der Waals surface area contributed by atoms with Gasteiger partial charge in [0.15, 0.2) is 0 Å². The van der Waals surface area contributed by atoms with Crippen molar-refractivity contribution in [3.63, 3.8) is 0 Å². The second-order valence-corrected chi connectivity index (χ2v) is 5.23. The molecule has 9 nitrogen and oxygen atoms in total. The predicted octanol–water partition coefficient (Wildman–Crippen LogP) is -1.26. The van der Waals surface area contributed by atoms with Crippen LogP contribution in [0.4, 0.5) is 5.82 Å². The number of methoxy groups -OCH3 is 1. The third-order valence-electron chi connectivity index (χ3n) is 3.63.